The van der Waals surface area contributed by atoms with Crippen LogP contribution in [0.25, 0.3) is 10.2 Å². The van der Waals surface area contributed by atoms with Gasteiger partial charge in [-0.1, -0.05) is 19.3 Å². The number of pyridine rings is 1. The normalized spacial score (nSPS) is 21.5. The SMILES string of the molecule is COCc1cc(C)nc2sc3c(c12)N[C@@H](C)N(C1CCCCC1)C3=O. The fourth-order valence-electron chi connectivity index (χ4n) is 4.28. The molecule has 1 aliphatic heterocycles. The standard InChI is InChI=1S/C19H25N3O2S/c1-11-9-13(10-24-3)15-16-17(25-18(15)20-11)19(23)22(12(2)21-16)14-7-5-4-6-8-14/h9,12,14,21H,4-8,10H2,1-3H3/t12-/m1/s1. The van der Waals surface area contributed by atoms with Crippen molar-refractivity contribution in [3.63, 3.8) is 0 Å². The van der Waals surface area contributed by atoms with Crippen LogP contribution in [-0.2, 0) is 11.3 Å². The van der Waals surface area contributed by atoms with Crippen molar-refractivity contribution in [2.24, 2.45) is 0 Å². The fourth-order valence-corrected chi connectivity index (χ4v) is 5.46. The Morgan fingerprint density at radius 2 is 2.12 bits per heavy atom. The molecule has 1 fully saturated rings. The van der Waals surface area contributed by atoms with E-state index in [1.807, 2.05) is 6.92 Å². The number of thiophene rings is 1. The zero-order chi connectivity index (χ0) is 17.6. The first-order valence-corrected chi connectivity index (χ1v) is 9.93. The molecule has 4 rings (SSSR count). The number of rotatable bonds is 3. The monoisotopic (exact) mass is 359 g/mol. The zero-order valence-electron chi connectivity index (χ0n) is 15.1. The molecule has 3 heterocycles. The minimum absolute atomic E-state index is 0.0117. The van der Waals surface area contributed by atoms with Gasteiger partial charge in [-0.25, -0.2) is 4.98 Å². The molecule has 5 nitrogen and oxygen atoms in total. The van der Waals surface area contributed by atoms with Crippen molar-refractivity contribution in [1.82, 2.24) is 9.88 Å². The number of hydrogen-bond donors (Lipinski definition) is 1. The average molecular weight is 359 g/mol. The highest BCUT2D eigenvalue weighted by Gasteiger charge is 2.37. The molecule has 1 aliphatic carbocycles. The maximum absolute atomic E-state index is 13.3. The molecule has 6 heteroatoms. The molecule has 134 valence electrons. The minimum Gasteiger partial charge on any atom is -0.380 e. The molecule has 2 aromatic heterocycles. The van der Waals surface area contributed by atoms with Crippen molar-refractivity contribution in [3.05, 3.63) is 22.2 Å². The van der Waals surface area contributed by atoms with Gasteiger partial charge in [0.2, 0.25) is 0 Å². The van der Waals surface area contributed by atoms with Gasteiger partial charge in [0.05, 0.1) is 18.5 Å². The van der Waals surface area contributed by atoms with Crippen LogP contribution in [0, 0.1) is 6.92 Å². The number of aryl methyl sites for hydroxylation is 1. The Morgan fingerprint density at radius 3 is 2.84 bits per heavy atom. The van der Waals surface area contributed by atoms with E-state index in [0.29, 0.717) is 12.6 Å². The lowest BCUT2D eigenvalue weighted by Crippen LogP contribution is -2.52. The first-order valence-electron chi connectivity index (χ1n) is 9.11. The molecule has 1 N–H and O–H groups in total. The summed E-state index contributed by atoms with van der Waals surface area (Å²) in [4.78, 5) is 21.8. The van der Waals surface area contributed by atoms with Crippen LogP contribution in [0.3, 0.4) is 0 Å². The van der Waals surface area contributed by atoms with Crippen molar-refractivity contribution < 1.29 is 9.53 Å². The largest absolute Gasteiger partial charge is 0.380 e. The van der Waals surface area contributed by atoms with Gasteiger partial charge in [0.1, 0.15) is 9.71 Å². The lowest BCUT2D eigenvalue weighted by atomic mass is 9.93. The molecule has 1 atom stereocenters. The van der Waals surface area contributed by atoms with Gasteiger partial charge >= 0.3 is 0 Å². The number of methoxy groups -OCH3 is 1. The van der Waals surface area contributed by atoms with E-state index in [2.05, 4.69) is 28.2 Å². The van der Waals surface area contributed by atoms with E-state index in [0.717, 1.165) is 44.9 Å². The molecule has 1 saturated carbocycles. The van der Waals surface area contributed by atoms with Crippen molar-refractivity contribution in [3.8, 4) is 0 Å². The molecule has 0 spiro atoms. The summed E-state index contributed by atoms with van der Waals surface area (Å²) in [6.07, 6.45) is 5.97. The van der Waals surface area contributed by atoms with Crippen LogP contribution in [0.2, 0.25) is 0 Å². The third-order valence-corrected chi connectivity index (χ3v) is 6.41. The number of nitrogens with one attached hydrogen (secondary N) is 1. The van der Waals surface area contributed by atoms with Crippen LogP contribution < -0.4 is 5.32 Å². The Bertz CT molecular complexity index is 811. The quantitative estimate of drug-likeness (QED) is 0.888. The van der Waals surface area contributed by atoms with Crippen LogP contribution in [0.1, 0.15) is 60.0 Å². The highest BCUT2D eigenvalue weighted by molar-refractivity contribution is 7.21. The first kappa shape index (κ1) is 16.8. The smallest absolute Gasteiger partial charge is 0.268 e. The van der Waals surface area contributed by atoms with Crippen LogP contribution in [0.15, 0.2) is 6.07 Å². The Hall–Kier alpha value is -1.66. The molecule has 0 saturated heterocycles. The van der Waals surface area contributed by atoms with Crippen LogP contribution in [0.5, 0.6) is 0 Å². The van der Waals surface area contributed by atoms with Crippen molar-refractivity contribution in [2.45, 2.75) is 64.8 Å². The predicted octanol–water partition coefficient (Wildman–Crippen LogP) is 4.30. The van der Waals surface area contributed by atoms with Crippen LogP contribution in [-0.4, -0.2) is 35.1 Å². The molecular weight excluding hydrogens is 334 g/mol. The van der Waals surface area contributed by atoms with Crippen LogP contribution >= 0.6 is 11.3 Å². The zero-order valence-corrected chi connectivity index (χ0v) is 15.9. The fraction of sp³-hybridized carbons (Fsp3) is 0.579. The maximum Gasteiger partial charge on any atom is 0.268 e. The summed E-state index contributed by atoms with van der Waals surface area (Å²) in [5.41, 5.74) is 3.01. The Morgan fingerprint density at radius 1 is 1.36 bits per heavy atom. The van der Waals surface area contributed by atoms with Gasteiger partial charge in [-0.2, -0.15) is 0 Å². The number of nitrogens with zero attached hydrogens (tertiary/aromatic N) is 2. The minimum atomic E-state index is 0.0117. The molecule has 2 aliphatic rings. The number of aromatic nitrogens is 1. The topological polar surface area (TPSA) is 54.5 Å². The van der Waals surface area contributed by atoms with Crippen molar-refractivity contribution >= 4 is 33.1 Å². The van der Waals surface area contributed by atoms with Gasteiger partial charge in [0, 0.05) is 24.2 Å². The summed E-state index contributed by atoms with van der Waals surface area (Å²) in [6.45, 7) is 4.61. The maximum atomic E-state index is 13.3. The molecular formula is C19H25N3O2S. The Balaban J connectivity index is 1.80. The van der Waals surface area contributed by atoms with E-state index in [4.69, 9.17) is 4.74 Å². The average Bonchev–Trinajstić information content (AvgIpc) is 2.94. The summed E-state index contributed by atoms with van der Waals surface area (Å²) < 4.78 is 5.38. The van der Waals surface area contributed by atoms with Crippen molar-refractivity contribution in [2.75, 3.05) is 12.4 Å². The lowest BCUT2D eigenvalue weighted by molar-refractivity contribution is 0.0554. The molecule has 0 unspecified atom stereocenters. The first-order chi connectivity index (χ1) is 12.1. The Labute approximate surface area is 152 Å². The second-order valence-corrected chi connectivity index (χ2v) is 8.17. The van der Waals surface area contributed by atoms with Crippen LogP contribution in [0.4, 0.5) is 5.69 Å². The third-order valence-electron chi connectivity index (χ3n) is 5.34. The second-order valence-electron chi connectivity index (χ2n) is 7.17. The summed E-state index contributed by atoms with van der Waals surface area (Å²) in [5.74, 6) is 0.164. The Kier molecular flexibility index (Phi) is 4.41. The summed E-state index contributed by atoms with van der Waals surface area (Å²) >= 11 is 1.51. The molecule has 25 heavy (non-hydrogen) atoms. The van der Waals surface area contributed by atoms with Gasteiger partial charge in [0.15, 0.2) is 0 Å². The van der Waals surface area contributed by atoms with E-state index in [1.54, 1.807) is 7.11 Å². The van der Waals surface area contributed by atoms with Gasteiger partial charge < -0.3 is 15.0 Å². The second kappa shape index (κ2) is 6.57. The van der Waals surface area contributed by atoms with Gasteiger partial charge in [-0.05, 0) is 38.3 Å². The summed E-state index contributed by atoms with van der Waals surface area (Å²) in [7, 11) is 1.70. The predicted molar refractivity (Wildman–Crippen MR) is 101 cm³/mol. The number of ether oxygens (including phenoxy) is 1. The molecule has 0 aromatic carbocycles. The summed E-state index contributed by atoms with van der Waals surface area (Å²) in [5, 5.41) is 4.65. The molecule has 2 aromatic rings. The van der Waals surface area contributed by atoms with Gasteiger partial charge in [-0.15, -0.1) is 11.3 Å². The number of anilines is 1. The van der Waals surface area contributed by atoms with E-state index in [-0.39, 0.29) is 12.1 Å². The van der Waals surface area contributed by atoms with E-state index in [1.165, 1.54) is 30.6 Å². The van der Waals surface area contributed by atoms with E-state index in [9.17, 15) is 4.79 Å². The van der Waals surface area contributed by atoms with Gasteiger partial charge in [-0.3, -0.25) is 4.79 Å². The van der Waals surface area contributed by atoms with Crippen molar-refractivity contribution in [1.29, 1.82) is 0 Å². The number of amides is 1. The third kappa shape index (κ3) is 2.81. The molecule has 0 radical (unpaired) electrons. The lowest BCUT2D eigenvalue weighted by Gasteiger charge is -2.41. The highest BCUT2D eigenvalue weighted by atomic mass is 32.1. The molecule has 1 amide bonds. The number of carbonyl (C=O) groups is 1. The highest BCUT2D eigenvalue weighted by Crippen LogP contribution is 2.42. The number of hydrogen-bond acceptors (Lipinski definition) is 5. The van der Waals surface area contributed by atoms with Gasteiger partial charge in [0.25, 0.3) is 5.91 Å². The molecule has 0 bridgehead atoms. The summed E-state index contributed by atoms with van der Waals surface area (Å²) in [6, 6.07) is 2.42. The van der Waals surface area contributed by atoms with E-state index < -0.39 is 0 Å². The number of fused-ring (bicyclic) bond motifs is 3. The van der Waals surface area contributed by atoms with E-state index >= 15 is 0 Å². The number of carbonyl (C=O) groups excluding carboxylic acids is 1.